The Labute approximate surface area is 183 Å². The number of nitrogens with one attached hydrogen (secondary N) is 2. The lowest BCUT2D eigenvalue weighted by atomic mass is 9.89. The van der Waals surface area contributed by atoms with E-state index in [2.05, 4.69) is 34.9 Å². The third-order valence-corrected chi connectivity index (χ3v) is 6.30. The first-order valence-electron chi connectivity index (χ1n) is 11.0. The largest absolute Gasteiger partial charge is 0.353 e. The maximum atomic E-state index is 12.4. The number of hydrogen-bond acceptors (Lipinski definition) is 2. The molecule has 30 heavy (non-hydrogen) atoms. The van der Waals surface area contributed by atoms with Crippen LogP contribution < -0.4 is 10.6 Å². The number of aromatic nitrogens is 1. The minimum absolute atomic E-state index is 0.0452. The summed E-state index contributed by atoms with van der Waals surface area (Å²) in [4.78, 5) is 12.4. The van der Waals surface area contributed by atoms with Gasteiger partial charge in [-0.1, -0.05) is 55.1 Å². The Balaban J connectivity index is 1.30. The van der Waals surface area contributed by atoms with Gasteiger partial charge in [0.05, 0.1) is 0 Å². The molecule has 1 heterocycles. The predicted molar refractivity (Wildman–Crippen MR) is 125 cm³/mol. The van der Waals surface area contributed by atoms with Crippen molar-refractivity contribution in [2.24, 2.45) is 5.92 Å². The molecule has 0 bridgehead atoms. The van der Waals surface area contributed by atoms with Crippen molar-refractivity contribution >= 4 is 28.4 Å². The van der Waals surface area contributed by atoms with Crippen LogP contribution in [0.1, 0.15) is 32.1 Å². The minimum Gasteiger partial charge on any atom is -0.353 e. The van der Waals surface area contributed by atoms with Crippen LogP contribution in [0.15, 0.2) is 54.7 Å². The second-order valence-corrected chi connectivity index (χ2v) is 8.72. The molecule has 0 aliphatic heterocycles. The van der Waals surface area contributed by atoms with Crippen LogP contribution in [-0.4, -0.2) is 30.1 Å². The van der Waals surface area contributed by atoms with Crippen molar-refractivity contribution in [2.75, 3.05) is 19.6 Å². The van der Waals surface area contributed by atoms with Crippen LogP contribution in [0.4, 0.5) is 0 Å². The number of carbonyl (C=O) groups excluding carboxylic acids is 1. The maximum Gasteiger partial charge on any atom is 0.239 e. The van der Waals surface area contributed by atoms with Gasteiger partial charge >= 0.3 is 0 Å². The van der Waals surface area contributed by atoms with Gasteiger partial charge in [0, 0.05) is 29.8 Å². The molecule has 1 amide bonds. The zero-order valence-electron chi connectivity index (χ0n) is 17.4. The van der Waals surface area contributed by atoms with Gasteiger partial charge in [-0.3, -0.25) is 4.79 Å². The van der Waals surface area contributed by atoms with Crippen molar-refractivity contribution in [1.29, 1.82) is 0 Å². The predicted octanol–water partition coefficient (Wildman–Crippen LogP) is 5.25. The molecule has 5 heteroatoms. The monoisotopic (exact) mass is 423 g/mol. The molecule has 1 aliphatic carbocycles. The van der Waals surface area contributed by atoms with Crippen LogP contribution in [0.2, 0.25) is 5.02 Å². The normalized spacial score (nSPS) is 14.8. The molecule has 3 aromatic rings. The highest BCUT2D eigenvalue weighted by Gasteiger charge is 2.12. The zero-order valence-corrected chi connectivity index (χ0v) is 18.1. The van der Waals surface area contributed by atoms with E-state index in [4.69, 9.17) is 11.6 Å². The molecule has 0 unspecified atom stereocenters. The molecule has 4 nitrogen and oxygen atoms in total. The molecule has 0 spiro atoms. The van der Waals surface area contributed by atoms with Crippen LogP contribution in [-0.2, 0) is 11.3 Å². The van der Waals surface area contributed by atoms with Crippen LogP contribution in [0.25, 0.3) is 22.0 Å². The summed E-state index contributed by atoms with van der Waals surface area (Å²) in [6, 6.07) is 16.2. The molecule has 1 saturated carbocycles. The van der Waals surface area contributed by atoms with Crippen LogP contribution in [0.3, 0.4) is 0 Å². The lowest BCUT2D eigenvalue weighted by Gasteiger charge is -2.21. The number of benzene rings is 2. The van der Waals surface area contributed by atoms with Gasteiger partial charge in [-0.15, -0.1) is 0 Å². The average Bonchev–Trinajstić information content (AvgIpc) is 3.16. The molecule has 0 saturated heterocycles. The third kappa shape index (κ3) is 5.44. The Morgan fingerprint density at radius 1 is 0.967 bits per heavy atom. The Bertz CT molecular complexity index is 974. The lowest BCUT2D eigenvalue weighted by Crippen LogP contribution is -2.35. The highest BCUT2D eigenvalue weighted by molar-refractivity contribution is 6.30. The van der Waals surface area contributed by atoms with E-state index in [-0.39, 0.29) is 5.91 Å². The van der Waals surface area contributed by atoms with Crippen LogP contribution in [0.5, 0.6) is 0 Å². The molecule has 4 rings (SSSR count). The van der Waals surface area contributed by atoms with E-state index in [9.17, 15) is 4.79 Å². The first-order chi connectivity index (χ1) is 14.7. The first-order valence-corrected chi connectivity index (χ1v) is 11.4. The van der Waals surface area contributed by atoms with E-state index < -0.39 is 0 Å². The second-order valence-electron chi connectivity index (χ2n) is 8.28. The number of fused-ring (bicyclic) bond motifs is 1. The number of carbonyl (C=O) groups is 1. The van der Waals surface area contributed by atoms with Crippen molar-refractivity contribution in [1.82, 2.24) is 15.2 Å². The summed E-state index contributed by atoms with van der Waals surface area (Å²) in [5.74, 6) is 0.861. The van der Waals surface area contributed by atoms with E-state index in [1.807, 2.05) is 35.0 Å². The van der Waals surface area contributed by atoms with Gasteiger partial charge < -0.3 is 15.2 Å². The van der Waals surface area contributed by atoms with Gasteiger partial charge in [-0.2, -0.15) is 0 Å². The molecular formula is C25H30ClN3O. The van der Waals surface area contributed by atoms with Gasteiger partial charge in [0.1, 0.15) is 6.54 Å². The SMILES string of the molecule is O=C(Cn1ccc2ccc(-c3ccc(Cl)cc3)cc21)NCCNCC1CCCCC1. The molecule has 1 fully saturated rings. The molecule has 2 N–H and O–H groups in total. The number of halogens is 1. The standard InChI is InChI=1S/C25H30ClN3O/c26-23-10-8-20(9-11-23)22-7-6-21-12-15-29(24(21)16-22)18-25(30)28-14-13-27-17-19-4-2-1-3-5-19/h6-12,15-16,19,27H,1-5,13-14,17-18H2,(H,28,30). The van der Waals surface area contributed by atoms with Crippen LogP contribution in [0, 0.1) is 5.92 Å². The summed E-state index contributed by atoms with van der Waals surface area (Å²) in [5.41, 5.74) is 3.29. The topological polar surface area (TPSA) is 46.1 Å². The van der Waals surface area contributed by atoms with Crippen molar-refractivity contribution in [2.45, 2.75) is 38.6 Å². The molecular weight excluding hydrogens is 394 g/mol. The summed E-state index contributed by atoms with van der Waals surface area (Å²) in [6.07, 6.45) is 8.80. The number of hydrogen-bond donors (Lipinski definition) is 2. The maximum absolute atomic E-state index is 12.4. The summed E-state index contributed by atoms with van der Waals surface area (Å²) < 4.78 is 2.01. The highest BCUT2D eigenvalue weighted by atomic mass is 35.5. The molecule has 1 aliphatic rings. The molecule has 0 radical (unpaired) electrons. The smallest absolute Gasteiger partial charge is 0.239 e. The Morgan fingerprint density at radius 2 is 1.73 bits per heavy atom. The van der Waals surface area contributed by atoms with Gasteiger partial charge in [0.2, 0.25) is 5.91 Å². The highest BCUT2D eigenvalue weighted by Crippen LogP contribution is 2.26. The van der Waals surface area contributed by atoms with Crippen molar-refractivity contribution < 1.29 is 4.79 Å². The van der Waals surface area contributed by atoms with E-state index in [0.717, 1.165) is 46.1 Å². The number of rotatable bonds is 8. The quantitative estimate of drug-likeness (QED) is 0.486. The number of nitrogens with zero attached hydrogens (tertiary/aromatic N) is 1. The average molecular weight is 424 g/mol. The molecule has 0 atom stereocenters. The van der Waals surface area contributed by atoms with Gasteiger partial charge in [0.25, 0.3) is 0 Å². The Hall–Kier alpha value is -2.30. The number of amides is 1. The second kappa shape index (κ2) is 10.1. The van der Waals surface area contributed by atoms with Crippen LogP contribution >= 0.6 is 11.6 Å². The lowest BCUT2D eigenvalue weighted by molar-refractivity contribution is -0.121. The molecule has 2 aromatic carbocycles. The molecule has 1 aromatic heterocycles. The molecule has 158 valence electrons. The van der Waals surface area contributed by atoms with E-state index in [0.29, 0.717) is 13.1 Å². The fraction of sp³-hybridized carbons (Fsp3) is 0.400. The fourth-order valence-electron chi connectivity index (χ4n) is 4.34. The zero-order chi connectivity index (χ0) is 20.8. The minimum atomic E-state index is 0.0452. The fourth-order valence-corrected chi connectivity index (χ4v) is 4.47. The van der Waals surface area contributed by atoms with Crippen molar-refractivity contribution in [3.63, 3.8) is 0 Å². The Morgan fingerprint density at radius 3 is 2.53 bits per heavy atom. The van der Waals surface area contributed by atoms with Gasteiger partial charge in [-0.25, -0.2) is 0 Å². The van der Waals surface area contributed by atoms with E-state index in [1.54, 1.807) is 0 Å². The third-order valence-electron chi connectivity index (χ3n) is 6.05. The van der Waals surface area contributed by atoms with Crippen molar-refractivity contribution in [3.05, 3.63) is 59.8 Å². The van der Waals surface area contributed by atoms with E-state index in [1.165, 1.54) is 32.1 Å². The first kappa shape index (κ1) is 21.0. The van der Waals surface area contributed by atoms with E-state index >= 15 is 0 Å². The van der Waals surface area contributed by atoms with Gasteiger partial charge in [0.15, 0.2) is 0 Å². The summed E-state index contributed by atoms with van der Waals surface area (Å²) in [6.45, 7) is 2.90. The summed E-state index contributed by atoms with van der Waals surface area (Å²) in [7, 11) is 0. The Kier molecular flexibility index (Phi) is 7.08. The van der Waals surface area contributed by atoms with Gasteiger partial charge in [-0.05, 0) is 66.1 Å². The summed E-state index contributed by atoms with van der Waals surface area (Å²) in [5, 5.41) is 8.40. The van der Waals surface area contributed by atoms with Crippen molar-refractivity contribution in [3.8, 4) is 11.1 Å². The summed E-state index contributed by atoms with van der Waals surface area (Å²) >= 11 is 6.01.